The first-order valence-electron chi connectivity index (χ1n) is 8.82. The van der Waals surface area contributed by atoms with Crippen LogP contribution in [0.15, 0.2) is 24.3 Å². The Morgan fingerprint density at radius 3 is 2.55 bits per heavy atom. The number of piperidine rings is 1. The normalized spacial score (nSPS) is 29.3. The molecule has 1 aromatic rings. The highest BCUT2D eigenvalue weighted by atomic mass is 16.2. The van der Waals surface area contributed by atoms with Crippen molar-refractivity contribution in [2.75, 3.05) is 13.1 Å². The molecule has 0 aromatic heterocycles. The molecule has 1 N–H and O–H groups in total. The topological polar surface area (TPSA) is 32.3 Å². The second kappa shape index (κ2) is 5.69. The molecule has 3 aliphatic rings. The first-order valence-corrected chi connectivity index (χ1v) is 8.82. The lowest BCUT2D eigenvalue weighted by atomic mass is 10.0. The molecule has 1 amide bonds. The fourth-order valence-electron chi connectivity index (χ4n) is 3.99. The van der Waals surface area contributed by atoms with E-state index in [2.05, 4.69) is 41.4 Å². The van der Waals surface area contributed by atoms with Gasteiger partial charge in [0.1, 0.15) is 0 Å². The number of hydrogen-bond acceptors (Lipinski definition) is 2. The summed E-state index contributed by atoms with van der Waals surface area (Å²) in [5.41, 5.74) is 2.69. The van der Waals surface area contributed by atoms with Gasteiger partial charge in [0.2, 0.25) is 5.91 Å². The van der Waals surface area contributed by atoms with Crippen molar-refractivity contribution in [3.8, 4) is 0 Å². The van der Waals surface area contributed by atoms with E-state index in [9.17, 15) is 4.79 Å². The van der Waals surface area contributed by atoms with E-state index >= 15 is 0 Å². The van der Waals surface area contributed by atoms with Crippen molar-refractivity contribution in [1.29, 1.82) is 0 Å². The van der Waals surface area contributed by atoms with Gasteiger partial charge in [0.15, 0.2) is 0 Å². The predicted octanol–water partition coefficient (Wildman–Crippen LogP) is 2.84. The molecule has 3 fully saturated rings. The van der Waals surface area contributed by atoms with Crippen molar-refractivity contribution in [2.24, 2.45) is 5.92 Å². The third kappa shape index (κ3) is 2.91. The number of likely N-dealkylation sites (tertiary alicyclic amines) is 1. The van der Waals surface area contributed by atoms with Gasteiger partial charge in [-0.25, -0.2) is 0 Å². The average Bonchev–Trinajstić information content (AvgIpc) is 3.41. The van der Waals surface area contributed by atoms with Crippen molar-refractivity contribution in [3.63, 3.8) is 0 Å². The van der Waals surface area contributed by atoms with Gasteiger partial charge < -0.3 is 10.2 Å². The lowest BCUT2D eigenvalue weighted by molar-refractivity contribution is -0.123. The summed E-state index contributed by atoms with van der Waals surface area (Å²) < 4.78 is 0. The summed E-state index contributed by atoms with van der Waals surface area (Å²) in [5.74, 6) is 0.952. The molecule has 1 aromatic carbocycles. The fraction of sp³-hybridized carbons (Fsp3) is 0.632. The van der Waals surface area contributed by atoms with Crippen LogP contribution in [0.4, 0.5) is 0 Å². The van der Waals surface area contributed by atoms with Crippen LogP contribution in [0.2, 0.25) is 0 Å². The maximum Gasteiger partial charge on any atom is 0.223 e. The van der Waals surface area contributed by atoms with Gasteiger partial charge in [0.05, 0.1) is 0 Å². The van der Waals surface area contributed by atoms with E-state index < -0.39 is 0 Å². The van der Waals surface area contributed by atoms with E-state index in [0.29, 0.717) is 12.0 Å². The number of nitrogens with one attached hydrogen (secondary N) is 1. The summed E-state index contributed by atoms with van der Waals surface area (Å²) >= 11 is 0. The summed E-state index contributed by atoms with van der Waals surface area (Å²) in [5, 5.41) is 3.31. The van der Waals surface area contributed by atoms with Gasteiger partial charge in [-0.3, -0.25) is 4.79 Å². The Hall–Kier alpha value is -1.35. The third-order valence-corrected chi connectivity index (χ3v) is 5.65. The third-order valence-electron chi connectivity index (χ3n) is 5.65. The molecular formula is C19H26N2O. The largest absolute Gasteiger partial charge is 0.353 e. The van der Waals surface area contributed by atoms with E-state index in [4.69, 9.17) is 0 Å². The van der Waals surface area contributed by atoms with Gasteiger partial charge in [0, 0.05) is 31.1 Å². The molecule has 3 heteroatoms. The van der Waals surface area contributed by atoms with Crippen LogP contribution in [0.5, 0.6) is 0 Å². The highest BCUT2D eigenvalue weighted by molar-refractivity contribution is 5.83. The Kier molecular flexibility index (Phi) is 3.69. The maximum absolute atomic E-state index is 12.5. The van der Waals surface area contributed by atoms with Crippen molar-refractivity contribution >= 4 is 5.91 Å². The maximum atomic E-state index is 12.5. The SMILES string of the molecule is Cc1ccccc1C1CC1C(=O)NC1CCN(C2CC2)CC1. The molecule has 1 saturated heterocycles. The number of benzene rings is 1. The van der Waals surface area contributed by atoms with Crippen molar-refractivity contribution in [2.45, 2.75) is 57.0 Å². The molecule has 22 heavy (non-hydrogen) atoms. The highest BCUT2D eigenvalue weighted by Crippen LogP contribution is 2.48. The number of hydrogen-bond donors (Lipinski definition) is 1. The van der Waals surface area contributed by atoms with Crippen LogP contribution in [0.3, 0.4) is 0 Å². The van der Waals surface area contributed by atoms with Crippen molar-refractivity contribution in [3.05, 3.63) is 35.4 Å². The lowest BCUT2D eigenvalue weighted by Gasteiger charge is -2.32. The summed E-state index contributed by atoms with van der Waals surface area (Å²) in [6.07, 6.45) is 6.06. The number of nitrogens with zero attached hydrogens (tertiary/aromatic N) is 1. The summed E-state index contributed by atoms with van der Waals surface area (Å²) in [7, 11) is 0. The summed E-state index contributed by atoms with van der Waals surface area (Å²) in [4.78, 5) is 15.1. The number of carbonyl (C=O) groups excluding carboxylic acids is 1. The number of carbonyl (C=O) groups is 1. The Balaban J connectivity index is 1.28. The van der Waals surface area contributed by atoms with Gasteiger partial charge in [-0.05, 0) is 56.1 Å². The monoisotopic (exact) mass is 298 g/mol. The Morgan fingerprint density at radius 1 is 1.14 bits per heavy atom. The number of aryl methyl sites for hydroxylation is 1. The zero-order valence-electron chi connectivity index (χ0n) is 13.4. The second-order valence-corrected chi connectivity index (χ2v) is 7.36. The summed E-state index contributed by atoms with van der Waals surface area (Å²) in [6, 6.07) is 9.76. The molecule has 4 rings (SSSR count). The lowest BCUT2D eigenvalue weighted by Crippen LogP contribution is -2.45. The Labute approximate surface area is 133 Å². The molecule has 2 atom stereocenters. The highest BCUT2D eigenvalue weighted by Gasteiger charge is 2.45. The van der Waals surface area contributed by atoms with Crippen LogP contribution in [0, 0.1) is 12.8 Å². The first-order chi connectivity index (χ1) is 10.7. The van der Waals surface area contributed by atoms with Gasteiger partial charge in [-0.1, -0.05) is 24.3 Å². The minimum Gasteiger partial charge on any atom is -0.353 e. The minimum absolute atomic E-state index is 0.211. The van der Waals surface area contributed by atoms with Crippen LogP contribution in [0.25, 0.3) is 0 Å². The Bertz CT molecular complexity index is 558. The molecule has 2 aliphatic carbocycles. The van der Waals surface area contributed by atoms with Gasteiger partial charge in [-0.15, -0.1) is 0 Å². The zero-order chi connectivity index (χ0) is 15.1. The van der Waals surface area contributed by atoms with E-state index in [1.807, 2.05) is 0 Å². The zero-order valence-corrected chi connectivity index (χ0v) is 13.4. The van der Waals surface area contributed by atoms with Gasteiger partial charge in [-0.2, -0.15) is 0 Å². The molecule has 3 nitrogen and oxygen atoms in total. The van der Waals surface area contributed by atoms with Crippen LogP contribution in [-0.4, -0.2) is 36.0 Å². The molecule has 0 radical (unpaired) electrons. The first kappa shape index (κ1) is 14.3. The van der Waals surface area contributed by atoms with Crippen molar-refractivity contribution in [1.82, 2.24) is 10.2 Å². The van der Waals surface area contributed by atoms with Crippen LogP contribution < -0.4 is 5.32 Å². The van der Waals surface area contributed by atoms with Crippen LogP contribution >= 0.6 is 0 Å². The Morgan fingerprint density at radius 2 is 1.86 bits per heavy atom. The molecule has 2 unspecified atom stereocenters. The number of amides is 1. The second-order valence-electron chi connectivity index (χ2n) is 7.36. The standard InChI is InChI=1S/C19H26N2O/c1-13-4-2-3-5-16(13)17-12-18(17)19(22)20-14-8-10-21(11-9-14)15-6-7-15/h2-5,14-15,17-18H,6-12H2,1H3,(H,20,22). The van der Waals surface area contributed by atoms with E-state index in [1.165, 1.54) is 37.1 Å². The predicted molar refractivity (Wildman–Crippen MR) is 87.8 cm³/mol. The fourth-order valence-corrected chi connectivity index (χ4v) is 3.99. The van der Waals surface area contributed by atoms with E-state index in [0.717, 1.165) is 25.3 Å². The molecule has 118 valence electrons. The smallest absolute Gasteiger partial charge is 0.223 e. The van der Waals surface area contributed by atoms with Crippen LogP contribution in [-0.2, 0) is 4.79 Å². The molecular weight excluding hydrogens is 272 g/mol. The van der Waals surface area contributed by atoms with E-state index in [-0.39, 0.29) is 11.8 Å². The molecule has 1 aliphatic heterocycles. The van der Waals surface area contributed by atoms with Crippen LogP contribution in [0.1, 0.15) is 49.1 Å². The van der Waals surface area contributed by atoms with Crippen molar-refractivity contribution < 1.29 is 4.79 Å². The number of rotatable bonds is 4. The van der Waals surface area contributed by atoms with E-state index in [1.54, 1.807) is 0 Å². The molecule has 2 saturated carbocycles. The average molecular weight is 298 g/mol. The van der Waals surface area contributed by atoms with Gasteiger partial charge >= 0.3 is 0 Å². The summed E-state index contributed by atoms with van der Waals surface area (Å²) in [6.45, 7) is 4.49. The molecule has 0 bridgehead atoms. The molecule has 1 heterocycles. The van der Waals surface area contributed by atoms with Gasteiger partial charge in [0.25, 0.3) is 0 Å². The molecule has 0 spiro atoms. The minimum atomic E-state index is 0.211. The quantitative estimate of drug-likeness (QED) is 0.927.